The molecule has 0 aliphatic rings. The van der Waals surface area contributed by atoms with Crippen LogP contribution in [0.3, 0.4) is 0 Å². The van der Waals surface area contributed by atoms with Crippen molar-refractivity contribution in [3.63, 3.8) is 0 Å². The van der Waals surface area contributed by atoms with E-state index >= 15 is 0 Å². The lowest BCUT2D eigenvalue weighted by Gasteiger charge is -2.16. The van der Waals surface area contributed by atoms with E-state index < -0.39 is 38.2 Å². The van der Waals surface area contributed by atoms with Gasteiger partial charge in [-0.2, -0.15) is 0 Å². The number of benzene rings is 3. The van der Waals surface area contributed by atoms with Crippen LogP contribution >= 0.6 is 69.5 Å². The zero-order chi connectivity index (χ0) is 31.4. The van der Waals surface area contributed by atoms with Gasteiger partial charge >= 0.3 is 5.97 Å². The number of hydrogen-bond donors (Lipinski definition) is 3. The summed E-state index contributed by atoms with van der Waals surface area (Å²) in [7, 11) is 0. The van der Waals surface area contributed by atoms with Crippen LogP contribution < -0.4 is 10.6 Å². The lowest BCUT2D eigenvalue weighted by atomic mass is 10.1. The summed E-state index contributed by atoms with van der Waals surface area (Å²) in [6.07, 6.45) is 0.454. The van der Waals surface area contributed by atoms with Gasteiger partial charge < -0.3 is 15.7 Å². The van der Waals surface area contributed by atoms with Crippen molar-refractivity contribution in [2.24, 2.45) is 0 Å². The van der Waals surface area contributed by atoms with E-state index in [0.717, 1.165) is 0 Å². The molecule has 222 valence electrons. The number of carbonyl (C=O) groups is 3. The summed E-state index contributed by atoms with van der Waals surface area (Å²) in [4.78, 5) is 53.6. The van der Waals surface area contributed by atoms with Crippen molar-refractivity contribution >= 4 is 104 Å². The minimum absolute atomic E-state index is 0.0665. The number of thioether (sulfide) groups is 1. The number of carbonyl (C=O) groups excluding carboxylic acids is 2. The van der Waals surface area contributed by atoms with Gasteiger partial charge in [0, 0.05) is 33.7 Å². The molecule has 0 fully saturated rings. The van der Waals surface area contributed by atoms with E-state index in [0.29, 0.717) is 33.4 Å². The number of thiazole rings is 1. The Kier molecular flexibility index (Phi) is 10.5. The van der Waals surface area contributed by atoms with Crippen LogP contribution in [-0.2, 0) is 4.79 Å². The number of nitro groups is 1. The van der Waals surface area contributed by atoms with Crippen LogP contribution in [0.5, 0.6) is 0 Å². The molecule has 0 aliphatic heterocycles. The molecular weight excluding hydrogens is 682 g/mol. The van der Waals surface area contributed by atoms with Gasteiger partial charge in [-0.3, -0.25) is 19.7 Å². The first-order valence-electron chi connectivity index (χ1n) is 12.1. The van der Waals surface area contributed by atoms with E-state index in [1.54, 1.807) is 41.8 Å². The third-order valence-electron chi connectivity index (χ3n) is 5.83. The topological polar surface area (TPSA) is 152 Å². The lowest BCUT2D eigenvalue weighted by Crippen LogP contribution is -2.24. The number of carboxylic acids is 1. The Bertz CT molecular complexity index is 1770. The molecular formula is C27H18Cl4N4O6S2. The maximum atomic E-state index is 13.1. The second-order valence-corrected chi connectivity index (χ2v) is 12.3. The van der Waals surface area contributed by atoms with Crippen LogP contribution in [0.4, 0.5) is 16.5 Å². The number of aromatic carboxylic acids is 1. The molecule has 10 nitrogen and oxygen atoms in total. The number of non-ortho nitro benzene ring substituents is 1. The Morgan fingerprint density at radius 1 is 1.00 bits per heavy atom. The van der Waals surface area contributed by atoms with Crippen molar-refractivity contribution in [3.8, 4) is 11.3 Å². The Balaban J connectivity index is 1.48. The van der Waals surface area contributed by atoms with Crippen molar-refractivity contribution in [1.29, 1.82) is 0 Å². The maximum Gasteiger partial charge on any atom is 0.338 e. The van der Waals surface area contributed by atoms with Gasteiger partial charge in [0.2, 0.25) is 5.91 Å². The summed E-state index contributed by atoms with van der Waals surface area (Å²) >= 11 is 26.7. The third kappa shape index (κ3) is 7.40. The smallest absolute Gasteiger partial charge is 0.338 e. The van der Waals surface area contributed by atoms with Gasteiger partial charge in [0.05, 0.1) is 47.1 Å². The van der Waals surface area contributed by atoms with Gasteiger partial charge in [-0.25, -0.2) is 9.78 Å². The lowest BCUT2D eigenvalue weighted by molar-refractivity contribution is -0.384. The van der Waals surface area contributed by atoms with Gasteiger partial charge in [-0.15, -0.1) is 23.1 Å². The van der Waals surface area contributed by atoms with Gasteiger partial charge in [0.15, 0.2) is 5.13 Å². The monoisotopic (exact) mass is 698 g/mol. The highest BCUT2D eigenvalue weighted by atomic mass is 35.5. The van der Waals surface area contributed by atoms with Crippen LogP contribution in [0.15, 0.2) is 58.8 Å². The van der Waals surface area contributed by atoms with Crippen molar-refractivity contribution < 1.29 is 24.4 Å². The van der Waals surface area contributed by atoms with Crippen molar-refractivity contribution in [1.82, 2.24) is 4.98 Å². The molecule has 0 radical (unpaired) electrons. The largest absolute Gasteiger partial charge is 0.478 e. The number of anilines is 2. The predicted molar refractivity (Wildman–Crippen MR) is 171 cm³/mol. The molecule has 16 heteroatoms. The molecule has 0 bridgehead atoms. The molecule has 1 heterocycles. The number of halogens is 4. The highest BCUT2D eigenvalue weighted by molar-refractivity contribution is 8.00. The van der Waals surface area contributed by atoms with Gasteiger partial charge in [-0.05, 0) is 24.6 Å². The van der Waals surface area contributed by atoms with Crippen LogP contribution in [0.2, 0.25) is 20.1 Å². The molecule has 3 N–H and O–H groups in total. The first-order valence-corrected chi connectivity index (χ1v) is 15.4. The zero-order valence-corrected chi connectivity index (χ0v) is 26.3. The molecule has 0 saturated carbocycles. The summed E-state index contributed by atoms with van der Waals surface area (Å²) in [6.45, 7) is 1.84. The minimum Gasteiger partial charge on any atom is -0.478 e. The number of hydrogen-bond acceptors (Lipinski definition) is 8. The zero-order valence-electron chi connectivity index (χ0n) is 21.7. The number of nitro benzene ring substituents is 1. The molecule has 43 heavy (non-hydrogen) atoms. The van der Waals surface area contributed by atoms with Crippen molar-refractivity contribution in [2.45, 2.75) is 23.5 Å². The summed E-state index contributed by atoms with van der Waals surface area (Å²) in [5, 5.41) is 26.2. The molecule has 4 rings (SSSR count). The van der Waals surface area contributed by atoms with E-state index in [9.17, 15) is 29.6 Å². The molecule has 0 saturated heterocycles. The second-order valence-electron chi connectivity index (χ2n) is 8.64. The standard InChI is InChI=1S/C27H18Cl4N4O6S2/c1-2-17(24(36)34-27-33-16(11-42-27)12-5-3-7-14(9-12)35(40)41)43-15-8-4-6-13(10-15)32-25(37)18-19(26(38)39)21(29)23(31)22(30)20(18)28/h3-11,17H,2H2,1H3,(H,32,37)(H,38,39)(H,33,34,36). The first-order chi connectivity index (χ1) is 20.4. The normalized spacial score (nSPS) is 11.6. The minimum atomic E-state index is -1.52. The third-order valence-corrected chi connectivity index (χ3v) is 9.75. The fraction of sp³-hybridized carbons (Fsp3) is 0.111. The Hall–Kier alpha value is -3.39. The molecule has 0 spiro atoms. The second kappa shape index (κ2) is 13.9. The number of carboxylic acid groups (broad SMARTS) is 1. The molecule has 4 aromatic rings. The highest BCUT2D eigenvalue weighted by Gasteiger charge is 2.29. The van der Waals surface area contributed by atoms with E-state index in [2.05, 4.69) is 15.6 Å². The molecule has 3 aromatic carbocycles. The number of rotatable bonds is 10. The Labute approximate surface area is 272 Å². The Morgan fingerprint density at radius 3 is 2.33 bits per heavy atom. The quantitative estimate of drug-likeness (QED) is 0.0488. The summed E-state index contributed by atoms with van der Waals surface area (Å²) in [5.74, 6) is -2.71. The van der Waals surface area contributed by atoms with E-state index in [-0.39, 0.29) is 26.7 Å². The van der Waals surface area contributed by atoms with Crippen LogP contribution in [0.25, 0.3) is 11.3 Å². The number of nitrogens with zero attached hydrogens (tertiary/aromatic N) is 2. The SMILES string of the molecule is CCC(Sc1cccc(NC(=O)c2c(Cl)c(Cl)c(Cl)c(Cl)c2C(=O)O)c1)C(=O)Nc1nc(-c2cccc([N+](=O)[O-])c2)cs1. The number of amides is 2. The fourth-order valence-electron chi connectivity index (χ4n) is 3.80. The summed E-state index contributed by atoms with van der Waals surface area (Å²) < 4.78 is 0. The van der Waals surface area contributed by atoms with Crippen LogP contribution in [0.1, 0.15) is 34.1 Å². The molecule has 2 amide bonds. The molecule has 0 aliphatic carbocycles. The van der Waals surface area contributed by atoms with E-state index in [1.165, 1.54) is 35.2 Å². The average molecular weight is 700 g/mol. The van der Waals surface area contributed by atoms with Gasteiger partial charge in [-0.1, -0.05) is 71.5 Å². The number of nitrogens with one attached hydrogen (secondary N) is 2. The summed E-state index contributed by atoms with van der Waals surface area (Å²) in [5.41, 5.74) is 0.214. The van der Waals surface area contributed by atoms with Crippen molar-refractivity contribution in [2.75, 3.05) is 10.6 Å². The average Bonchev–Trinajstić information content (AvgIpc) is 3.44. The maximum absolute atomic E-state index is 13.1. The van der Waals surface area contributed by atoms with Gasteiger partial charge in [0.1, 0.15) is 0 Å². The molecule has 1 unspecified atom stereocenters. The van der Waals surface area contributed by atoms with Crippen molar-refractivity contribution in [3.05, 3.63) is 95.2 Å². The van der Waals surface area contributed by atoms with E-state index in [1.807, 2.05) is 6.92 Å². The molecule has 1 atom stereocenters. The molecule has 1 aromatic heterocycles. The highest BCUT2D eigenvalue weighted by Crippen LogP contribution is 2.42. The van der Waals surface area contributed by atoms with Crippen LogP contribution in [0, 0.1) is 10.1 Å². The van der Waals surface area contributed by atoms with E-state index in [4.69, 9.17) is 46.4 Å². The van der Waals surface area contributed by atoms with Gasteiger partial charge in [0.25, 0.3) is 11.6 Å². The summed E-state index contributed by atoms with van der Waals surface area (Å²) in [6, 6.07) is 12.6. The fourth-order valence-corrected chi connectivity index (χ4v) is 6.56. The van der Waals surface area contributed by atoms with Crippen LogP contribution in [-0.4, -0.2) is 38.0 Å². The predicted octanol–water partition coefficient (Wildman–Crippen LogP) is 8.79. The number of aromatic nitrogens is 1. The Morgan fingerprint density at radius 2 is 1.67 bits per heavy atom. The first kappa shape index (κ1) is 32.5.